The van der Waals surface area contributed by atoms with Crippen molar-refractivity contribution >= 4 is 24.4 Å². The van der Waals surface area contributed by atoms with Gasteiger partial charge in [0.05, 0.1) is 0 Å². The number of benzene rings is 1. The number of piperidine rings is 1. The van der Waals surface area contributed by atoms with Gasteiger partial charge in [-0.3, -0.25) is 4.79 Å². The Morgan fingerprint density at radius 3 is 2.45 bits per heavy atom. The van der Waals surface area contributed by atoms with Gasteiger partial charge in [-0.05, 0) is 44.6 Å². The molecule has 0 atom stereocenters. The van der Waals surface area contributed by atoms with E-state index in [0.29, 0.717) is 0 Å². The third-order valence-corrected chi connectivity index (χ3v) is 4.02. The Balaban J connectivity index is 0.00000242. The molecule has 0 N–H and O–H groups in total. The van der Waals surface area contributed by atoms with Crippen LogP contribution in [0, 0.1) is 11.3 Å². The number of nitriles is 1. The van der Waals surface area contributed by atoms with E-state index in [9.17, 15) is 10.1 Å². The number of likely N-dealkylation sites (tertiary alicyclic amines) is 1. The molecule has 1 amide bonds. The lowest BCUT2D eigenvalue weighted by Gasteiger charge is -2.35. The van der Waals surface area contributed by atoms with Gasteiger partial charge in [-0.25, -0.2) is 0 Å². The molecule has 1 aromatic carbocycles. The van der Waals surface area contributed by atoms with Crippen LogP contribution in [-0.4, -0.2) is 48.9 Å². The molecule has 1 aliphatic rings. The Labute approximate surface area is 138 Å². The van der Waals surface area contributed by atoms with Gasteiger partial charge in [0.25, 0.3) is 5.91 Å². The zero-order valence-electron chi connectivity index (χ0n) is 13.0. The number of nitrogens with zero attached hydrogens (tertiary/aromatic N) is 3. The zero-order chi connectivity index (χ0) is 15.2. The maximum atomic E-state index is 12.5. The molecular weight excluding hydrogens is 298 g/mol. The number of amides is 1. The summed E-state index contributed by atoms with van der Waals surface area (Å²) >= 11 is 0. The molecule has 1 heterocycles. The topological polar surface area (TPSA) is 47.3 Å². The smallest absolute Gasteiger partial charge is 0.264 e. The molecule has 1 aliphatic heterocycles. The molecule has 22 heavy (non-hydrogen) atoms. The van der Waals surface area contributed by atoms with Gasteiger partial charge in [-0.2, -0.15) is 5.26 Å². The number of carbonyl (C=O) groups is 1. The first-order chi connectivity index (χ1) is 10.1. The first-order valence-electron chi connectivity index (χ1n) is 7.24. The first kappa shape index (κ1) is 18.2. The number of halogens is 1. The predicted octanol–water partition coefficient (Wildman–Crippen LogP) is 2.57. The highest BCUT2D eigenvalue weighted by molar-refractivity contribution is 6.01. The Kier molecular flexibility index (Phi) is 7.10. The molecule has 118 valence electrons. The molecule has 0 aromatic heterocycles. The monoisotopic (exact) mass is 319 g/mol. The predicted molar refractivity (Wildman–Crippen MR) is 90.6 cm³/mol. The molecule has 1 saturated heterocycles. The summed E-state index contributed by atoms with van der Waals surface area (Å²) in [5.41, 5.74) is 1.07. The maximum Gasteiger partial charge on any atom is 0.264 e. The molecular formula is C17H22ClN3O. The van der Waals surface area contributed by atoms with Gasteiger partial charge in [-0.15, -0.1) is 12.4 Å². The first-order valence-corrected chi connectivity index (χ1v) is 7.24. The molecule has 4 nitrogen and oxygen atoms in total. The van der Waals surface area contributed by atoms with Crippen molar-refractivity contribution in [1.82, 2.24) is 9.80 Å². The summed E-state index contributed by atoms with van der Waals surface area (Å²) in [6.07, 6.45) is 3.58. The second-order valence-corrected chi connectivity index (χ2v) is 5.53. The Morgan fingerprint density at radius 2 is 1.91 bits per heavy atom. The highest BCUT2D eigenvalue weighted by Gasteiger charge is 2.25. The quantitative estimate of drug-likeness (QED) is 0.635. The minimum atomic E-state index is -0.184. The van der Waals surface area contributed by atoms with E-state index < -0.39 is 0 Å². The van der Waals surface area contributed by atoms with E-state index in [1.807, 2.05) is 36.4 Å². The van der Waals surface area contributed by atoms with E-state index in [4.69, 9.17) is 0 Å². The van der Waals surface area contributed by atoms with Crippen molar-refractivity contribution in [2.45, 2.75) is 18.9 Å². The van der Waals surface area contributed by atoms with Gasteiger partial charge < -0.3 is 9.80 Å². The van der Waals surface area contributed by atoms with Gasteiger partial charge in [-0.1, -0.05) is 30.3 Å². The van der Waals surface area contributed by atoms with Crippen LogP contribution in [0.15, 0.2) is 35.9 Å². The Hall–Kier alpha value is -1.83. The molecule has 0 radical (unpaired) electrons. The van der Waals surface area contributed by atoms with Crippen molar-refractivity contribution in [3.05, 3.63) is 41.5 Å². The summed E-state index contributed by atoms with van der Waals surface area (Å²) in [7, 11) is 3.89. The second-order valence-electron chi connectivity index (χ2n) is 5.53. The molecule has 1 fully saturated rings. The lowest BCUT2D eigenvalue weighted by atomic mass is 10.0. The van der Waals surface area contributed by atoms with Gasteiger partial charge in [0.1, 0.15) is 11.6 Å². The third kappa shape index (κ3) is 4.59. The van der Waals surface area contributed by atoms with Crippen LogP contribution in [-0.2, 0) is 4.79 Å². The minimum absolute atomic E-state index is 0. The molecule has 5 heteroatoms. The van der Waals surface area contributed by atoms with E-state index >= 15 is 0 Å². The third-order valence-electron chi connectivity index (χ3n) is 4.02. The highest BCUT2D eigenvalue weighted by atomic mass is 35.5. The molecule has 1 aromatic rings. The SMILES string of the molecule is CN1CCC(N(C)C(=O)/C(C#N)=C/c2ccccc2)CC1.Cl. The maximum absolute atomic E-state index is 12.5. The molecule has 0 spiro atoms. The summed E-state index contributed by atoms with van der Waals surface area (Å²) in [6.45, 7) is 1.99. The van der Waals surface area contributed by atoms with Gasteiger partial charge >= 0.3 is 0 Å². The zero-order valence-corrected chi connectivity index (χ0v) is 13.8. The van der Waals surface area contributed by atoms with Crippen LogP contribution in [0.3, 0.4) is 0 Å². The number of hydrogen-bond donors (Lipinski definition) is 0. The number of likely N-dealkylation sites (N-methyl/N-ethyl adjacent to an activating group) is 1. The molecule has 0 unspecified atom stereocenters. The number of rotatable bonds is 3. The summed E-state index contributed by atoms with van der Waals surface area (Å²) in [5, 5.41) is 9.27. The fourth-order valence-corrected chi connectivity index (χ4v) is 2.60. The molecule has 0 aliphatic carbocycles. The normalized spacial score (nSPS) is 16.5. The summed E-state index contributed by atoms with van der Waals surface area (Å²) in [5.74, 6) is -0.184. The van der Waals surface area contributed by atoms with E-state index in [2.05, 4.69) is 11.9 Å². The fourth-order valence-electron chi connectivity index (χ4n) is 2.60. The Morgan fingerprint density at radius 1 is 1.32 bits per heavy atom. The van der Waals surface area contributed by atoms with Crippen LogP contribution in [0.1, 0.15) is 18.4 Å². The average molecular weight is 320 g/mol. The van der Waals surface area contributed by atoms with Crippen LogP contribution in [0.25, 0.3) is 6.08 Å². The summed E-state index contributed by atoms with van der Waals surface area (Å²) in [4.78, 5) is 16.5. The van der Waals surface area contributed by atoms with E-state index in [-0.39, 0.29) is 29.9 Å². The standard InChI is InChI=1S/C17H21N3O.ClH/c1-19-10-8-16(9-11-19)20(2)17(21)15(13-18)12-14-6-4-3-5-7-14;/h3-7,12,16H,8-11H2,1-2H3;1H/b15-12+;. The van der Waals surface area contributed by atoms with E-state index in [1.165, 1.54) is 0 Å². The van der Waals surface area contributed by atoms with Crippen LogP contribution >= 0.6 is 12.4 Å². The van der Waals surface area contributed by atoms with Crippen molar-refractivity contribution in [2.24, 2.45) is 0 Å². The van der Waals surface area contributed by atoms with E-state index in [1.54, 1.807) is 18.0 Å². The van der Waals surface area contributed by atoms with Crippen molar-refractivity contribution in [1.29, 1.82) is 5.26 Å². The van der Waals surface area contributed by atoms with Crippen LogP contribution < -0.4 is 0 Å². The lowest BCUT2D eigenvalue weighted by molar-refractivity contribution is -0.128. The van der Waals surface area contributed by atoms with Crippen LogP contribution in [0.2, 0.25) is 0 Å². The lowest BCUT2D eigenvalue weighted by Crippen LogP contribution is -2.44. The van der Waals surface area contributed by atoms with Gasteiger partial charge in [0.15, 0.2) is 0 Å². The summed E-state index contributed by atoms with van der Waals surface area (Å²) in [6, 6.07) is 11.7. The highest BCUT2D eigenvalue weighted by Crippen LogP contribution is 2.17. The fraction of sp³-hybridized carbons (Fsp3) is 0.412. The largest absolute Gasteiger partial charge is 0.338 e. The van der Waals surface area contributed by atoms with Crippen LogP contribution in [0.4, 0.5) is 0 Å². The van der Waals surface area contributed by atoms with Gasteiger partial charge in [0.2, 0.25) is 0 Å². The number of carbonyl (C=O) groups excluding carboxylic acids is 1. The number of hydrogen-bond acceptors (Lipinski definition) is 3. The second kappa shape index (κ2) is 8.57. The molecule has 0 saturated carbocycles. The van der Waals surface area contributed by atoms with Crippen molar-refractivity contribution < 1.29 is 4.79 Å². The van der Waals surface area contributed by atoms with Crippen LogP contribution in [0.5, 0.6) is 0 Å². The molecule has 0 bridgehead atoms. The van der Waals surface area contributed by atoms with Crippen molar-refractivity contribution in [2.75, 3.05) is 27.2 Å². The Bertz CT molecular complexity index is 557. The average Bonchev–Trinajstić information content (AvgIpc) is 2.53. The van der Waals surface area contributed by atoms with Crippen molar-refractivity contribution in [3.63, 3.8) is 0 Å². The minimum Gasteiger partial charge on any atom is -0.338 e. The van der Waals surface area contributed by atoms with Gasteiger partial charge in [0, 0.05) is 13.1 Å². The van der Waals surface area contributed by atoms with Crippen molar-refractivity contribution in [3.8, 4) is 6.07 Å². The molecule has 2 rings (SSSR count). The summed E-state index contributed by atoms with van der Waals surface area (Å²) < 4.78 is 0. The van der Waals surface area contributed by atoms with E-state index in [0.717, 1.165) is 31.5 Å².